The smallest absolute Gasteiger partial charge is 0.258 e. The number of anilines is 2. The first-order valence-electron chi connectivity index (χ1n) is 7.84. The molecular weight excluding hydrogens is 358 g/mol. The third-order valence-corrected chi connectivity index (χ3v) is 6.65. The quantitative estimate of drug-likeness (QED) is 0.829. The number of aromatic nitrogens is 1. The van der Waals surface area contributed by atoms with Gasteiger partial charge in [0.05, 0.1) is 17.0 Å². The number of sulfonamides is 1. The number of pyridine rings is 1. The van der Waals surface area contributed by atoms with Crippen molar-refractivity contribution < 1.29 is 13.2 Å². The summed E-state index contributed by atoms with van der Waals surface area (Å²) in [6, 6.07) is 8.74. The zero-order valence-corrected chi connectivity index (χ0v) is 15.7. The molecule has 1 aliphatic heterocycles. The third kappa shape index (κ3) is 3.64. The molecule has 0 saturated carbocycles. The van der Waals surface area contributed by atoms with Gasteiger partial charge in [-0.05, 0) is 49.4 Å². The normalized spacial score (nSPS) is 16.0. The first-order valence-corrected chi connectivity index (χ1v) is 10.7. The van der Waals surface area contributed by atoms with Crippen LogP contribution in [0.4, 0.5) is 11.4 Å². The third-order valence-electron chi connectivity index (χ3n) is 4.07. The lowest BCUT2D eigenvalue weighted by Gasteiger charge is -2.19. The highest BCUT2D eigenvalue weighted by Crippen LogP contribution is 2.29. The van der Waals surface area contributed by atoms with Crippen molar-refractivity contribution in [2.24, 2.45) is 0 Å². The van der Waals surface area contributed by atoms with Crippen molar-refractivity contribution in [2.45, 2.75) is 18.4 Å². The van der Waals surface area contributed by atoms with Crippen LogP contribution in [0.1, 0.15) is 22.3 Å². The van der Waals surface area contributed by atoms with Crippen molar-refractivity contribution in [3.8, 4) is 0 Å². The predicted molar refractivity (Wildman–Crippen MR) is 101 cm³/mol. The molecule has 1 aliphatic rings. The molecule has 0 radical (unpaired) electrons. The van der Waals surface area contributed by atoms with Gasteiger partial charge in [0, 0.05) is 18.4 Å². The lowest BCUT2D eigenvalue weighted by atomic mass is 10.1. The van der Waals surface area contributed by atoms with E-state index < -0.39 is 10.0 Å². The Bertz CT molecular complexity index is 913. The molecule has 25 heavy (non-hydrogen) atoms. The molecule has 1 fully saturated rings. The molecule has 1 N–H and O–H groups in total. The van der Waals surface area contributed by atoms with Crippen LogP contribution in [0.2, 0.25) is 0 Å². The van der Waals surface area contributed by atoms with E-state index >= 15 is 0 Å². The molecule has 2 heterocycles. The van der Waals surface area contributed by atoms with Crippen LogP contribution in [0, 0.1) is 6.92 Å². The minimum atomic E-state index is -3.25. The molecule has 0 atom stereocenters. The van der Waals surface area contributed by atoms with E-state index in [1.54, 1.807) is 30.5 Å². The summed E-state index contributed by atoms with van der Waals surface area (Å²) in [5, 5.41) is 3.53. The van der Waals surface area contributed by atoms with Crippen molar-refractivity contribution in [3.63, 3.8) is 0 Å². The average Bonchev–Trinajstić information content (AvgIpc) is 2.96. The van der Waals surface area contributed by atoms with Gasteiger partial charge in [-0.3, -0.25) is 9.10 Å². The van der Waals surface area contributed by atoms with Gasteiger partial charge in [0.2, 0.25) is 10.0 Å². The zero-order chi connectivity index (χ0) is 18.0. The van der Waals surface area contributed by atoms with Crippen LogP contribution in [0.3, 0.4) is 0 Å². The Balaban J connectivity index is 1.90. The Labute approximate surface area is 151 Å². The molecule has 0 unspecified atom stereocenters. The largest absolute Gasteiger partial charge is 0.322 e. The Kier molecular flexibility index (Phi) is 5.01. The summed E-state index contributed by atoms with van der Waals surface area (Å²) >= 11 is 1.40. The van der Waals surface area contributed by atoms with Crippen molar-refractivity contribution >= 4 is 39.1 Å². The number of hydrogen-bond donors (Lipinski definition) is 1. The van der Waals surface area contributed by atoms with Gasteiger partial charge in [0.15, 0.2) is 0 Å². The number of aryl methyl sites for hydroxylation is 1. The van der Waals surface area contributed by atoms with E-state index in [0.29, 0.717) is 34.9 Å². The van der Waals surface area contributed by atoms with Crippen LogP contribution >= 0.6 is 11.8 Å². The van der Waals surface area contributed by atoms with E-state index in [1.807, 2.05) is 19.2 Å². The molecule has 0 bridgehead atoms. The summed E-state index contributed by atoms with van der Waals surface area (Å²) in [5.74, 6) is -0.100. The molecule has 1 saturated heterocycles. The number of benzene rings is 1. The average molecular weight is 377 g/mol. The van der Waals surface area contributed by atoms with Crippen LogP contribution in [-0.2, 0) is 10.0 Å². The highest BCUT2D eigenvalue weighted by molar-refractivity contribution is 7.98. The van der Waals surface area contributed by atoms with E-state index in [0.717, 1.165) is 5.56 Å². The first-order chi connectivity index (χ1) is 11.9. The molecule has 6 nitrogen and oxygen atoms in total. The van der Waals surface area contributed by atoms with Crippen LogP contribution in [-0.4, -0.2) is 37.9 Å². The number of amides is 1. The molecule has 1 aromatic heterocycles. The zero-order valence-electron chi connectivity index (χ0n) is 14.0. The van der Waals surface area contributed by atoms with E-state index in [2.05, 4.69) is 10.3 Å². The fourth-order valence-electron chi connectivity index (χ4n) is 2.75. The summed E-state index contributed by atoms with van der Waals surface area (Å²) in [6.45, 7) is 2.34. The number of nitrogens with zero attached hydrogens (tertiary/aromatic N) is 2. The van der Waals surface area contributed by atoms with E-state index in [-0.39, 0.29) is 11.7 Å². The fraction of sp³-hybridized carbons (Fsp3) is 0.294. The number of carbonyl (C=O) groups excluding carboxylic acids is 1. The summed E-state index contributed by atoms with van der Waals surface area (Å²) in [7, 11) is -3.25. The van der Waals surface area contributed by atoms with Crippen molar-refractivity contribution in [2.75, 3.05) is 28.2 Å². The Morgan fingerprint density at radius 2 is 2.12 bits per heavy atom. The first kappa shape index (κ1) is 17.8. The summed E-state index contributed by atoms with van der Waals surface area (Å²) in [6.07, 6.45) is 4.13. The second-order valence-electron chi connectivity index (χ2n) is 5.76. The molecule has 0 spiro atoms. The highest BCUT2D eigenvalue weighted by Gasteiger charge is 2.28. The Morgan fingerprint density at radius 1 is 1.32 bits per heavy atom. The van der Waals surface area contributed by atoms with Crippen molar-refractivity contribution in [1.29, 1.82) is 0 Å². The molecule has 2 aromatic rings. The lowest BCUT2D eigenvalue weighted by molar-refractivity contribution is 0.102. The minimum absolute atomic E-state index is 0.162. The van der Waals surface area contributed by atoms with E-state index in [1.165, 1.54) is 16.1 Å². The van der Waals surface area contributed by atoms with Crippen molar-refractivity contribution in [1.82, 2.24) is 4.98 Å². The van der Waals surface area contributed by atoms with Gasteiger partial charge < -0.3 is 5.32 Å². The predicted octanol–water partition coefficient (Wildman–Crippen LogP) is 2.90. The maximum atomic E-state index is 12.6. The second-order valence-corrected chi connectivity index (χ2v) is 8.56. The maximum Gasteiger partial charge on any atom is 0.258 e. The van der Waals surface area contributed by atoms with Gasteiger partial charge in [-0.15, -0.1) is 11.8 Å². The number of rotatable bonds is 4. The summed E-state index contributed by atoms with van der Waals surface area (Å²) < 4.78 is 25.6. The fourth-order valence-corrected chi connectivity index (χ4v) is 4.85. The van der Waals surface area contributed by atoms with Gasteiger partial charge in [-0.1, -0.05) is 6.07 Å². The SMILES string of the molecule is CSc1ncccc1C(=O)Nc1cc(N2CCCS2(=O)=O)ccc1C. The van der Waals surface area contributed by atoms with Gasteiger partial charge in [-0.2, -0.15) is 0 Å². The van der Waals surface area contributed by atoms with Crippen LogP contribution in [0.15, 0.2) is 41.6 Å². The minimum Gasteiger partial charge on any atom is -0.322 e. The van der Waals surface area contributed by atoms with Gasteiger partial charge in [0.25, 0.3) is 5.91 Å². The van der Waals surface area contributed by atoms with Gasteiger partial charge in [-0.25, -0.2) is 13.4 Å². The molecule has 0 aliphatic carbocycles. The molecule has 132 valence electrons. The lowest BCUT2D eigenvalue weighted by Crippen LogP contribution is -2.25. The van der Waals surface area contributed by atoms with Crippen LogP contribution in [0.25, 0.3) is 0 Å². The topological polar surface area (TPSA) is 79.4 Å². The van der Waals surface area contributed by atoms with E-state index in [9.17, 15) is 13.2 Å². The Hall–Kier alpha value is -2.06. The maximum absolute atomic E-state index is 12.6. The number of hydrogen-bond acceptors (Lipinski definition) is 5. The monoisotopic (exact) mass is 377 g/mol. The molecule has 1 amide bonds. The molecule has 8 heteroatoms. The van der Waals surface area contributed by atoms with Crippen LogP contribution in [0.5, 0.6) is 0 Å². The molecular formula is C17H19N3O3S2. The molecule has 3 rings (SSSR count). The number of carbonyl (C=O) groups is 1. The number of nitrogens with one attached hydrogen (secondary N) is 1. The summed E-state index contributed by atoms with van der Waals surface area (Å²) in [4.78, 5) is 16.8. The van der Waals surface area contributed by atoms with Gasteiger partial charge in [0.1, 0.15) is 5.03 Å². The van der Waals surface area contributed by atoms with E-state index in [4.69, 9.17) is 0 Å². The summed E-state index contributed by atoms with van der Waals surface area (Å²) in [5.41, 5.74) is 2.53. The van der Waals surface area contributed by atoms with Gasteiger partial charge >= 0.3 is 0 Å². The molecule has 1 aromatic carbocycles. The number of thioether (sulfide) groups is 1. The van der Waals surface area contributed by atoms with Crippen LogP contribution < -0.4 is 9.62 Å². The highest BCUT2D eigenvalue weighted by atomic mass is 32.2. The standard InChI is InChI=1S/C17H19N3O3S2/c1-12-6-7-13(20-9-4-10-25(20,22)23)11-15(12)19-16(21)14-5-3-8-18-17(14)24-2/h3,5-8,11H,4,9-10H2,1-2H3,(H,19,21). The van der Waals surface area contributed by atoms with Crippen molar-refractivity contribution in [3.05, 3.63) is 47.7 Å². The Morgan fingerprint density at radius 3 is 2.80 bits per heavy atom. The second kappa shape index (κ2) is 7.05.